The van der Waals surface area contributed by atoms with Gasteiger partial charge in [0.1, 0.15) is 6.67 Å². The van der Waals surface area contributed by atoms with Gasteiger partial charge in [0.05, 0.1) is 15.5 Å². The zero-order chi connectivity index (χ0) is 11.1. The number of aliphatic imine (C=N–C) groups is 4. The van der Waals surface area contributed by atoms with Crippen molar-refractivity contribution < 1.29 is 0 Å². The number of hydrogen-bond acceptors (Lipinski definition) is 9. The smallest absolute Gasteiger partial charge is 0.225 e. The van der Waals surface area contributed by atoms with E-state index in [1.165, 1.54) is 5.01 Å². The molecule has 74 valence electrons. The molecule has 15 heavy (non-hydrogen) atoms. The van der Waals surface area contributed by atoms with Crippen LogP contribution in [0, 0.1) is 0 Å². The van der Waals surface area contributed by atoms with E-state index in [9.17, 15) is 0 Å². The highest BCUT2D eigenvalue weighted by Crippen LogP contribution is 2.03. The van der Waals surface area contributed by atoms with Crippen LogP contribution in [0.4, 0.5) is 0 Å². The van der Waals surface area contributed by atoms with Gasteiger partial charge in [-0.25, -0.2) is 4.99 Å². The van der Waals surface area contributed by atoms with Crippen molar-refractivity contribution in [2.24, 2.45) is 25.1 Å². The number of nitrogens with zero attached hydrogens (tertiary/aromatic N) is 6. The summed E-state index contributed by atoms with van der Waals surface area (Å²) in [6.45, 7) is 0.166. The predicted molar refractivity (Wildman–Crippen MR) is 66.7 cm³/mol. The standard InChI is InChI=1S/C6H2N6S3/c13-2-8-5-7-1-12(10-4-15)6(11-5)9-3-14/h1H2. The minimum Gasteiger partial charge on any atom is -0.225 e. The second-order valence-corrected chi connectivity index (χ2v) is 2.56. The van der Waals surface area contributed by atoms with E-state index in [-0.39, 0.29) is 18.6 Å². The Kier molecular flexibility index (Phi) is 4.73. The Hall–Kier alpha value is -1.46. The van der Waals surface area contributed by atoms with Gasteiger partial charge in [-0.1, -0.05) is 0 Å². The molecule has 0 fully saturated rings. The van der Waals surface area contributed by atoms with Crippen molar-refractivity contribution in [1.82, 2.24) is 5.01 Å². The maximum Gasteiger partial charge on any atom is 0.261 e. The molecule has 0 aromatic rings. The third kappa shape index (κ3) is 3.30. The second kappa shape index (κ2) is 6.10. The lowest BCUT2D eigenvalue weighted by Crippen LogP contribution is -2.28. The average molecular weight is 254 g/mol. The molecule has 0 unspecified atom stereocenters. The minimum absolute atomic E-state index is 0.157. The van der Waals surface area contributed by atoms with Crippen molar-refractivity contribution in [2.45, 2.75) is 0 Å². The molecule has 1 rings (SSSR count). The Morgan fingerprint density at radius 1 is 1.13 bits per heavy atom. The van der Waals surface area contributed by atoms with Crippen LogP contribution in [0.1, 0.15) is 0 Å². The molecular weight excluding hydrogens is 252 g/mol. The summed E-state index contributed by atoms with van der Waals surface area (Å²) in [6.07, 6.45) is 0. The maximum atomic E-state index is 4.45. The first-order valence-electron chi connectivity index (χ1n) is 3.46. The van der Waals surface area contributed by atoms with Crippen LogP contribution in [-0.4, -0.2) is 39.1 Å². The van der Waals surface area contributed by atoms with Gasteiger partial charge in [0.15, 0.2) is 0 Å². The largest absolute Gasteiger partial charge is 0.261 e. The fourth-order valence-electron chi connectivity index (χ4n) is 0.726. The van der Waals surface area contributed by atoms with Crippen LogP contribution in [0.25, 0.3) is 0 Å². The van der Waals surface area contributed by atoms with Crippen molar-refractivity contribution in [3.05, 3.63) is 0 Å². The summed E-state index contributed by atoms with van der Waals surface area (Å²) in [5, 5.41) is 11.4. The summed E-state index contributed by atoms with van der Waals surface area (Å²) < 4.78 is 0. The summed E-state index contributed by atoms with van der Waals surface area (Å²) in [4.78, 5) is 15.1. The maximum absolute atomic E-state index is 4.45. The number of isothiocyanates is 3. The molecule has 0 spiro atoms. The fraction of sp³-hybridized carbons (Fsp3) is 0.167. The van der Waals surface area contributed by atoms with E-state index in [0.717, 1.165) is 0 Å². The lowest BCUT2D eigenvalue weighted by molar-refractivity contribution is 0.453. The monoisotopic (exact) mass is 254 g/mol. The third-order valence-electron chi connectivity index (χ3n) is 1.23. The first kappa shape index (κ1) is 11.6. The number of hydrazone groups is 1. The number of rotatable bonds is 1. The van der Waals surface area contributed by atoms with E-state index in [4.69, 9.17) is 0 Å². The highest BCUT2D eigenvalue weighted by atomic mass is 32.1. The van der Waals surface area contributed by atoms with E-state index < -0.39 is 0 Å². The molecule has 0 atom stereocenters. The molecular formula is C6H2N6S3. The zero-order valence-corrected chi connectivity index (χ0v) is 9.56. The molecule has 0 aromatic heterocycles. The Labute approximate surface area is 101 Å². The Morgan fingerprint density at radius 3 is 2.47 bits per heavy atom. The molecule has 0 amide bonds. The number of hydrogen-bond donors (Lipinski definition) is 0. The van der Waals surface area contributed by atoms with Crippen LogP contribution >= 0.6 is 36.7 Å². The van der Waals surface area contributed by atoms with Gasteiger partial charge in [0, 0.05) is 0 Å². The summed E-state index contributed by atoms with van der Waals surface area (Å²) in [5.41, 5.74) is 0. The van der Waals surface area contributed by atoms with Crippen LogP contribution in [0.2, 0.25) is 0 Å². The molecule has 0 radical (unpaired) electrons. The molecule has 1 heterocycles. The van der Waals surface area contributed by atoms with Crippen molar-refractivity contribution in [1.29, 1.82) is 0 Å². The van der Waals surface area contributed by atoms with Gasteiger partial charge in [-0.3, -0.25) is 0 Å². The van der Waals surface area contributed by atoms with Crippen molar-refractivity contribution in [2.75, 3.05) is 6.67 Å². The van der Waals surface area contributed by atoms with Gasteiger partial charge in [0.2, 0.25) is 0 Å². The van der Waals surface area contributed by atoms with Crippen LogP contribution in [0.5, 0.6) is 0 Å². The number of guanidine groups is 2. The minimum atomic E-state index is 0.157. The normalized spacial score (nSPS) is 13.7. The van der Waals surface area contributed by atoms with Gasteiger partial charge >= 0.3 is 0 Å². The fourth-order valence-corrected chi connectivity index (χ4v) is 0.988. The zero-order valence-electron chi connectivity index (χ0n) is 7.12. The van der Waals surface area contributed by atoms with E-state index in [0.29, 0.717) is 0 Å². The Morgan fingerprint density at radius 2 is 1.87 bits per heavy atom. The summed E-state index contributed by atoms with van der Waals surface area (Å²) in [6, 6.07) is 0. The topological polar surface area (TPSA) is 65.0 Å². The van der Waals surface area contributed by atoms with Gasteiger partial charge in [0.25, 0.3) is 11.9 Å². The summed E-state index contributed by atoms with van der Waals surface area (Å²) in [5.74, 6) is 0.339. The van der Waals surface area contributed by atoms with Crippen LogP contribution in [0.3, 0.4) is 0 Å². The van der Waals surface area contributed by atoms with Crippen LogP contribution < -0.4 is 0 Å². The van der Waals surface area contributed by atoms with Crippen LogP contribution in [-0.2, 0) is 0 Å². The van der Waals surface area contributed by atoms with Crippen molar-refractivity contribution >= 4 is 64.1 Å². The van der Waals surface area contributed by atoms with Gasteiger partial charge in [-0.05, 0) is 36.7 Å². The Balaban J connectivity index is 3.06. The molecule has 1 aliphatic rings. The molecule has 0 aliphatic carbocycles. The summed E-state index contributed by atoms with van der Waals surface area (Å²) in [7, 11) is 0. The summed E-state index contributed by atoms with van der Waals surface area (Å²) >= 11 is 13.3. The molecule has 6 nitrogen and oxygen atoms in total. The number of thiocarbonyl (C=S) groups is 3. The molecule has 9 heteroatoms. The molecule has 0 saturated carbocycles. The van der Waals surface area contributed by atoms with Crippen LogP contribution in [0.15, 0.2) is 25.1 Å². The first-order chi connectivity index (χ1) is 7.31. The first-order valence-corrected chi connectivity index (χ1v) is 4.68. The highest BCUT2D eigenvalue weighted by molar-refractivity contribution is 7.78. The second-order valence-electron chi connectivity index (χ2n) is 2.01. The van der Waals surface area contributed by atoms with Gasteiger partial charge < -0.3 is 0 Å². The molecule has 0 N–H and O–H groups in total. The van der Waals surface area contributed by atoms with Gasteiger partial charge in [-0.15, -0.1) is 5.10 Å². The molecule has 1 aliphatic heterocycles. The van der Waals surface area contributed by atoms with Crippen molar-refractivity contribution in [3.63, 3.8) is 0 Å². The van der Waals surface area contributed by atoms with E-state index in [1.54, 1.807) is 0 Å². The predicted octanol–water partition coefficient (Wildman–Crippen LogP) is 1.19. The SMILES string of the molecule is S=C=NC1=NCN(N=C=S)C(N=C=S)=N1. The average Bonchev–Trinajstić information content (AvgIpc) is 2.23. The lowest BCUT2D eigenvalue weighted by Gasteiger charge is -2.15. The third-order valence-corrected chi connectivity index (χ3v) is 1.49. The van der Waals surface area contributed by atoms with Crippen molar-refractivity contribution in [3.8, 4) is 0 Å². The molecule has 0 bridgehead atoms. The highest BCUT2D eigenvalue weighted by Gasteiger charge is 2.14. The lowest BCUT2D eigenvalue weighted by atomic mass is 10.7. The van der Waals surface area contributed by atoms with E-state index in [2.05, 4.69) is 77.2 Å². The van der Waals surface area contributed by atoms with E-state index in [1.807, 2.05) is 0 Å². The van der Waals surface area contributed by atoms with E-state index >= 15 is 0 Å². The quantitative estimate of drug-likeness (QED) is 0.521. The Bertz CT molecular complexity index is 461. The van der Waals surface area contributed by atoms with Gasteiger partial charge in [-0.2, -0.15) is 20.0 Å². The molecule has 0 saturated heterocycles. The molecule has 0 aromatic carbocycles.